The Balaban J connectivity index is 2.13. The summed E-state index contributed by atoms with van der Waals surface area (Å²) in [4.78, 5) is 61.3. The Hall–Kier alpha value is -3.43. The molecule has 1 aromatic rings. The van der Waals surface area contributed by atoms with E-state index in [9.17, 15) is 24.0 Å². The van der Waals surface area contributed by atoms with Crippen LogP contribution >= 0.6 is 0 Å². The van der Waals surface area contributed by atoms with Crippen LogP contribution < -0.4 is 21.7 Å². The van der Waals surface area contributed by atoms with Crippen molar-refractivity contribution in [1.82, 2.24) is 20.9 Å². The summed E-state index contributed by atoms with van der Waals surface area (Å²) < 4.78 is 0. The van der Waals surface area contributed by atoms with Gasteiger partial charge in [-0.25, -0.2) is 0 Å². The number of nitrogens with two attached hydrogens (primary N) is 1. The van der Waals surface area contributed by atoms with Crippen molar-refractivity contribution in [3.63, 3.8) is 0 Å². The maximum Gasteiger partial charge on any atom is 0.246 e. The van der Waals surface area contributed by atoms with Crippen LogP contribution in [0.2, 0.25) is 0 Å². The van der Waals surface area contributed by atoms with Crippen LogP contribution in [0.15, 0.2) is 30.3 Å². The molecular weight excluding hydrogens is 390 g/mol. The molecule has 1 saturated heterocycles. The molecule has 30 heavy (non-hydrogen) atoms. The molecule has 10 nitrogen and oxygen atoms in total. The number of carbonyl (C=O) groups excluding carboxylic acids is 5. The minimum absolute atomic E-state index is 0.234. The molecule has 2 atom stereocenters. The van der Waals surface area contributed by atoms with Crippen molar-refractivity contribution in [2.24, 2.45) is 5.73 Å². The van der Waals surface area contributed by atoms with Gasteiger partial charge in [-0.15, -0.1) is 0 Å². The maximum atomic E-state index is 13.2. The van der Waals surface area contributed by atoms with Gasteiger partial charge >= 0.3 is 0 Å². The number of nitrogens with zero attached hydrogens (tertiary/aromatic N) is 1. The van der Waals surface area contributed by atoms with E-state index in [1.165, 1.54) is 11.8 Å². The SMILES string of the molecule is CC(=O)NCC(=O)N[C@@H](Cc1ccccc1)C(=O)N1CCC[C@H]1C(=O)NCC(N)=O. The van der Waals surface area contributed by atoms with Crippen molar-refractivity contribution in [3.8, 4) is 0 Å². The molecule has 5 amide bonds. The van der Waals surface area contributed by atoms with Gasteiger partial charge in [0.05, 0.1) is 13.1 Å². The average Bonchev–Trinajstić information content (AvgIpc) is 3.20. The first-order valence-electron chi connectivity index (χ1n) is 9.72. The maximum absolute atomic E-state index is 13.2. The summed E-state index contributed by atoms with van der Waals surface area (Å²) in [5.41, 5.74) is 5.90. The van der Waals surface area contributed by atoms with Crippen molar-refractivity contribution in [2.75, 3.05) is 19.6 Å². The van der Waals surface area contributed by atoms with Gasteiger partial charge in [-0.3, -0.25) is 24.0 Å². The Labute approximate surface area is 174 Å². The lowest BCUT2D eigenvalue weighted by atomic mass is 10.0. The molecule has 0 aromatic heterocycles. The minimum atomic E-state index is -0.904. The van der Waals surface area contributed by atoms with Crippen LogP contribution in [-0.4, -0.2) is 66.2 Å². The van der Waals surface area contributed by atoms with Crippen LogP contribution in [0.3, 0.4) is 0 Å². The molecule has 0 unspecified atom stereocenters. The molecule has 1 aromatic carbocycles. The molecule has 1 fully saturated rings. The van der Waals surface area contributed by atoms with Crippen molar-refractivity contribution < 1.29 is 24.0 Å². The van der Waals surface area contributed by atoms with Gasteiger partial charge in [0.15, 0.2) is 0 Å². The second-order valence-corrected chi connectivity index (χ2v) is 7.09. The zero-order valence-electron chi connectivity index (χ0n) is 16.8. The Morgan fingerprint density at radius 2 is 1.80 bits per heavy atom. The van der Waals surface area contributed by atoms with Crippen molar-refractivity contribution in [1.29, 1.82) is 0 Å². The summed E-state index contributed by atoms with van der Waals surface area (Å²) in [7, 11) is 0. The molecule has 2 rings (SSSR count). The molecule has 0 aliphatic carbocycles. The predicted molar refractivity (Wildman–Crippen MR) is 108 cm³/mol. The molecule has 1 heterocycles. The molecule has 0 spiro atoms. The van der Waals surface area contributed by atoms with Gasteiger partial charge < -0.3 is 26.6 Å². The number of nitrogens with one attached hydrogen (secondary N) is 3. The summed E-state index contributed by atoms with van der Waals surface area (Å²) in [6, 6.07) is 7.52. The molecule has 1 aliphatic rings. The zero-order chi connectivity index (χ0) is 22.1. The molecule has 1 aliphatic heterocycles. The van der Waals surface area contributed by atoms with Crippen LogP contribution in [0.1, 0.15) is 25.3 Å². The lowest BCUT2D eigenvalue weighted by Crippen LogP contribution is -2.55. The number of carbonyl (C=O) groups is 5. The molecule has 0 radical (unpaired) electrons. The van der Waals surface area contributed by atoms with E-state index in [0.717, 1.165) is 5.56 Å². The smallest absolute Gasteiger partial charge is 0.246 e. The van der Waals surface area contributed by atoms with Gasteiger partial charge in [-0.1, -0.05) is 30.3 Å². The number of benzene rings is 1. The highest BCUT2D eigenvalue weighted by atomic mass is 16.2. The van der Waals surface area contributed by atoms with Crippen LogP contribution in [0.5, 0.6) is 0 Å². The first kappa shape index (κ1) is 22.9. The van der Waals surface area contributed by atoms with Gasteiger partial charge in [-0.2, -0.15) is 0 Å². The third-order valence-corrected chi connectivity index (χ3v) is 4.69. The van der Waals surface area contributed by atoms with Gasteiger partial charge in [0.2, 0.25) is 29.5 Å². The fourth-order valence-corrected chi connectivity index (χ4v) is 3.30. The zero-order valence-corrected chi connectivity index (χ0v) is 16.8. The van der Waals surface area contributed by atoms with Gasteiger partial charge in [0.25, 0.3) is 0 Å². The van der Waals surface area contributed by atoms with Gasteiger partial charge in [-0.05, 0) is 18.4 Å². The normalized spacial score (nSPS) is 16.4. The number of hydrogen-bond donors (Lipinski definition) is 4. The number of hydrogen-bond acceptors (Lipinski definition) is 5. The third-order valence-electron chi connectivity index (χ3n) is 4.69. The van der Waals surface area contributed by atoms with Crippen LogP contribution in [-0.2, 0) is 30.4 Å². The van der Waals surface area contributed by atoms with E-state index >= 15 is 0 Å². The van der Waals surface area contributed by atoms with Crippen molar-refractivity contribution >= 4 is 29.5 Å². The number of rotatable bonds is 9. The van der Waals surface area contributed by atoms with E-state index in [4.69, 9.17) is 5.73 Å². The summed E-state index contributed by atoms with van der Waals surface area (Å²) >= 11 is 0. The number of likely N-dealkylation sites (tertiary alicyclic amines) is 1. The highest BCUT2D eigenvalue weighted by molar-refractivity contribution is 5.94. The fourth-order valence-electron chi connectivity index (χ4n) is 3.30. The van der Waals surface area contributed by atoms with E-state index in [1.807, 2.05) is 30.3 Å². The summed E-state index contributed by atoms with van der Waals surface area (Å²) in [5, 5.41) is 7.48. The molecule has 0 bridgehead atoms. The Morgan fingerprint density at radius 3 is 2.43 bits per heavy atom. The highest BCUT2D eigenvalue weighted by Gasteiger charge is 2.37. The second kappa shape index (κ2) is 10.9. The summed E-state index contributed by atoms with van der Waals surface area (Å²) in [6.45, 7) is 1.09. The van der Waals surface area contributed by atoms with E-state index < -0.39 is 35.7 Å². The largest absolute Gasteiger partial charge is 0.368 e. The first-order chi connectivity index (χ1) is 14.3. The second-order valence-electron chi connectivity index (χ2n) is 7.09. The van der Waals surface area contributed by atoms with Crippen LogP contribution in [0, 0.1) is 0 Å². The minimum Gasteiger partial charge on any atom is -0.368 e. The van der Waals surface area contributed by atoms with Crippen molar-refractivity contribution in [2.45, 2.75) is 38.3 Å². The molecular formula is C20H27N5O5. The lowest BCUT2D eigenvalue weighted by Gasteiger charge is -2.29. The number of amides is 5. The average molecular weight is 417 g/mol. The molecule has 5 N–H and O–H groups in total. The van der Waals surface area contributed by atoms with E-state index in [1.54, 1.807) is 0 Å². The number of primary amides is 1. The predicted octanol–water partition coefficient (Wildman–Crippen LogP) is -1.56. The quantitative estimate of drug-likeness (QED) is 0.383. The third kappa shape index (κ3) is 6.87. The van der Waals surface area contributed by atoms with Crippen molar-refractivity contribution in [3.05, 3.63) is 35.9 Å². The standard InChI is InChI=1S/C20H27N5O5/c1-13(26)22-12-18(28)24-15(10-14-6-3-2-4-7-14)20(30)25-9-5-8-16(25)19(29)23-11-17(21)27/h2-4,6-7,15-16H,5,8-12H2,1H3,(H2,21,27)(H,22,26)(H,23,29)(H,24,28)/t15-,16-/m0/s1. The lowest BCUT2D eigenvalue weighted by molar-refractivity contribution is -0.141. The fraction of sp³-hybridized carbons (Fsp3) is 0.450. The molecule has 10 heteroatoms. The Morgan fingerprint density at radius 1 is 1.10 bits per heavy atom. The first-order valence-corrected chi connectivity index (χ1v) is 9.72. The summed E-state index contributed by atoms with van der Waals surface area (Å²) in [6.07, 6.45) is 1.31. The topological polar surface area (TPSA) is 151 Å². The molecule has 162 valence electrons. The van der Waals surface area contributed by atoms with E-state index in [-0.39, 0.29) is 25.4 Å². The van der Waals surface area contributed by atoms with Gasteiger partial charge in [0, 0.05) is 19.9 Å². The summed E-state index contributed by atoms with van der Waals surface area (Å²) in [5.74, 6) is -2.39. The highest BCUT2D eigenvalue weighted by Crippen LogP contribution is 2.19. The van der Waals surface area contributed by atoms with Crippen LogP contribution in [0.25, 0.3) is 0 Å². The van der Waals surface area contributed by atoms with Crippen LogP contribution in [0.4, 0.5) is 0 Å². The molecule has 0 saturated carbocycles. The monoisotopic (exact) mass is 417 g/mol. The van der Waals surface area contributed by atoms with E-state index in [2.05, 4.69) is 16.0 Å². The Kier molecular flexibility index (Phi) is 8.33. The van der Waals surface area contributed by atoms with Gasteiger partial charge in [0.1, 0.15) is 12.1 Å². The Bertz CT molecular complexity index is 798. The van der Waals surface area contributed by atoms with E-state index in [0.29, 0.717) is 19.4 Å².